The molecule has 0 spiro atoms. The molecule has 0 aromatic heterocycles. The van der Waals surface area contributed by atoms with Gasteiger partial charge in [-0.2, -0.15) is 0 Å². The largest absolute Gasteiger partial charge is 0.507 e. The van der Waals surface area contributed by atoms with Crippen LogP contribution in [-0.2, 0) is 0 Å². The number of allylic oxidation sites excluding steroid dienone is 3. The molecular formula is C18H19NO2. The lowest BCUT2D eigenvalue weighted by Crippen LogP contribution is -2.23. The Labute approximate surface area is 125 Å². The van der Waals surface area contributed by atoms with E-state index in [0.717, 1.165) is 29.7 Å². The lowest BCUT2D eigenvalue weighted by Gasteiger charge is -2.14. The average molecular weight is 281 g/mol. The highest BCUT2D eigenvalue weighted by Gasteiger charge is 2.17. The van der Waals surface area contributed by atoms with Crippen LogP contribution >= 0.6 is 0 Å². The first-order chi connectivity index (χ1) is 10.1. The second kappa shape index (κ2) is 6.27. The molecule has 0 heterocycles. The van der Waals surface area contributed by atoms with Crippen LogP contribution < -0.4 is 5.32 Å². The lowest BCUT2D eigenvalue weighted by molar-refractivity contribution is 0.0964. The number of carbonyl (C=O) groups is 1. The van der Waals surface area contributed by atoms with Crippen LogP contribution in [0.2, 0.25) is 0 Å². The van der Waals surface area contributed by atoms with Gasteiger partial charge in [-0.25, -0.2) is 0 Å². The van der Waals surface area contributed by atoms with Gasteiger partial charge in [0.1, 0.15) is 5.75 Å². The van der Waals surface area contributed by atoms with E-state index in [1.807, 2.05) is 18.2 Å². The van der Waals surface area contributed by atoms with Gasteiger partial charge in [0.2, 0.25) is 0 Å². The summed E-state index contributed by atoms with van der Waals surface area (Å²) in [5.74, 6) is -0.347. The molecule has 0 aliphatic heterocycles. The number of phenols is 1. The molecule has 108 valence electrons. The summed E-state index contributed by atoms with van der Waals surface area (Å²) in [4.78, 5) is 12.3. The lowest BCUT2D eigenvalue weighted by atomic mass is 9.96. The van der Waals surface area contributed by atoms with Crippen LogP contribution in [0.5, 0.6) is 5.75 Å². The molecule has 0 saturated heterocycles. The van der Waals surface area contributed by atoms with Crippen molar-refractivity contribution in [3.8, 4) is 5.75 Å². The average Bonchev–Trinajstić information content (AvgIpc) is 2.50. The van der Waals surface area contributed by atoms with E-state index in [2.05, 4.69) is 18.5 Å². The Hall–Kier alpha value is -2.55. The molecule has 1 aromatic rings. The number of benzene rings is 1. The van der Waals surface area contributed by atoms with Gasteiger partial charge in [0, 0.05) is 5.70 Å². The van der Waals surface area contributed by atoms with E-state index < -0.39 is 0 Å². The van der Waals surface area contributed by atoms with Crippen LogP contribution in [0.3, 0.4) is 0 Å². The zero-order chi connectivity index (χ0) is 15.4. The molecule has 0 saturated carbocycles. The summed E-state index contributed by atoms with van der Waals surface area (Å²) >= 11 is 0. The predicted molar refractivity (Wildman–Crippen MR) is 86.9 cm³/mol. The van der Waals surface area contributed by atoms with E-state index in [0.29, 0.717) is 5.56 Å². The van der Waals surface area contributed by atoms with Crippen LogP contribution in [0.1, 0.15) is 39.9 Å². The first kappa shape index (κ1) is 14.9. The Kier molecular flexibility index (Phi) is 4.43. The molecule has 0 bridgehead atoms. The number of nitrogens with one attached hydrogen (secondary N) is 1. The van der Waals surface area contributed by atoms with E-state index >= 15 is 0 Å². The maximum atomic E-state index is 12.3. The van der Waals surface area contributed by atoms with Crippen LogP contribution in [0.15, 0.2) is 43.1 Å². The minimum Gasteiger partial charge on any atom is -0.507 e. The number of hydrogen-bond acceptors (Lipinski definition) is 2. The monoisotopic (exact) mass is 281 g/mol. The van der Waals surface area contributed by atoms with E-state index in [-0.39, 0.29) is 17.2 Å². The maximum absolute atomic E-state index is 12.3. The second-order valence-electron chi connectivity index (χ2n) is 4.90. The SMILES string of the molecule is C=Cc1cc(C(=O)NC2=CCCC=C2)c(O)c(C)c1C=C. The number of phenolic OH excluding ortho intramolecular Hbond substituents is 1. The molecule has 1 aliphatic rings. The molecule has 3 nitrogen and oxygen atoms in total. The summed E-state index contributed by atoms with van der Waals surface area (Å²) in [6.45, 7) is 9.23. The number of carbonyl (C=O) groups excluding carboxylic acids is 1. The zero-order valence-electron chi connectivity index (χ0n) is 12.1. The van der Waals surface area contributed by atoms with Gasteiger partial charge in [0.15, 0.2) is 0 Å². The molecule has 1 amide bonds. The van der Waals surface area contributed by atoms with Gasteiger partial charge in [0.05, 0.1) is 5.56 Å². The quantitative estimate of drug-likeness (QED) is 0.878. The third-order valence-corrected chi connectivity index (χ3v) is 3.55. The molecule has 1 aliphatic carbocycles. The summed E-state index contributed by atoms with van der Waals surface area (Å²) in [7, 11) is 0. The molecule has 1 aromatic carbocycles. The molecule has 0 fully saturated rings. The van der Waals surface area contributed by atoms with Gasteiger partial charge in [0.25, 0.3) is 5.91 Å². The third-order valence-electron chi connectivity index (χ3n) is 3.55. The molecule has 0 radical (unpaired) electrons. The van der Waals surface area contributed by atoms with Crippen LogP contribution in [0.25, 0.3) is 12.2 Å². The van der Waals surface area contributed by atoms with Gasteiger partial charge < -0.3 is 10.4 Å². The first-order valence-electron chi connectivity index (χ1n) is 6.88. The van der Waals surface area contributed by atoms with Crippen LogP contribution in [-0.4, -0.2) is 11.0 Å². The highest BCUT2D eigenvalue weighted by atomic mass is 16.3. The summed E-state index contributed by atoms with van der Waals surface area (Å²) in [6, 6.07) is 1.63. The Balaban J connectivity index is 2.39. The Morgan fingerprint density at radius 2 is 2.10 bits per heavy atom. The predicted octanol–water partition coefficient (Wildman–Crippen LogP) is 3.95. The van der Waals surface area contributed by atoms with Crippen molar-refractivity contribution < 1.29 is 9.90 Å². The van der Waals surface area contributed by atoms with E-state index in [1.165, 1.54) is 0 Å². The Morgan fingerprint density at radius 3 is 2.67 bits per heavy atom. The molecule has 2 N–H and O–H groups in total. The standard InChI is InChI=1S/C18H19NO2/c1-4-13-11-16(17(20)12(3)15(13)5-2)18(21)19-14-9-7-6-8-10-14/h4-5,7,9-11,20H,1-2,6,8H2,3H3,(H,19,21). The molecule has 0 atom stereocenters. The summed E-state index contributed by atoms with van der Waals surface area (Å²) < 4.78 is 0. The van der Waals surface area contributed by atoms with Crippen LogP contribution in [0.4, 0.5) is 0 Å². The van der Waals surface area contributed by atoms with Crippen molar-refractivity contribution in [1.29, 1.82) is 0 Å². The third kappa shape index (κ3) is 2.97. The minimum absolute atomic E-state index is 0.0200. The van der Waals surface area contributed by atoms with E-state index in [1.54, 1.807) is 25.1 Å². The summed E-state index contributed by atoms with van der Waals surface area (Å²) in [5, 5.41) is 13.1. The number of aromatic hydroxyl groups is 1. The van der Waals surface area contributed by atoms with Crippen molar-refractivity contribution in [3.63, 3.8) is 0 Å². The molecule has 2 rings (SSSR count). The summed E-state index contributed by atoms with van der Waals surface area (Å²) in [6.07, 6.45) is 11.0. The van der Waals surface area contributed by atoms with Crippen molar-refractivity contribution in [2.24, 2.45) is 0 Å². The van der Waals surface area contributed by atoms with Crippen molar-refractivity contribution in [2.45, 2.75) is 19.8 Å². The fourth-order valence-corrected chi connectivity index (χ4v) is 2.37. The Morgan fingerprint density at radius 1 is 1.33 bits per heavy atom. The van der Waals surface area contributed by atoms with Crippen molar-refractivity contribution in [3.05, 3.63) is 65.4 Å². The zero-order valence-corrected chi connectivity index (χ0v) is 12.1. The van der Waals surface area contributed by atoms with Gasteiger partial charge in [-0.3, -0.25) is 4.79 Å². The molecule has 0 unspecified atom stereocenters. The smallest absolute Gasteiger partial charge is 0.259 e. The molecule has 21 heavy (non-hydrogen) atoms. The van der Waals surface area contributed by atoms with Gasteiger partial charge in [-0.1, -0.05) is 37.5 Å². The van der Waals surface area contributed by atoms with Crippen molar-refractivity contribution in [1.82, 2.24) is 5.32 Å². The fraction of sp³-hybridized carbons (Fsp3) is 0.167. The number of rotatable bonds is 4. The number of hydrogen-bond donors (Lipinski definition) is 2. The first-order valence-corrected chi connectivity index (χ1v) is 6.88. The topological polar surface area (TPSA) is 49.3 Å². The molecule has 3 heteroatoms. The van der Waals surface area contributed by atoms with Gasteiger partial charge in [-0.05, 0) is 48.6 Å². The van der Waals surface area contributed by atoms with Crippen molar-refractivity contribution in [2.75, 3.05) is 0 Å². The van der Waals surface area contributed by atoms with E-state index in [9.17, 15) is 9.90 Å². The second-order valence-corrected chi connectivity index (χ2v) is 4.90. The number of amides is 1. The van der Waals surface area contributed by atoms with Crippen molar-refractivity contribution >= 4 is 18.1 Å². The summed E-state index contributed by atoms with van der Waals surface area (Å²) in [5.41, 5.74) is 3.19. The maximum Gasteiger partial charge on any atom is 0.259 e. The normalized spacial score (nSPS) is 13.5. The minimum atomic E-state index is -0.327. The molecular weight excluding hydrogens is 262 g/mol. The fourth-order valence-electron chi connectivity index (χ4n) is 2.37. The highest BCUT2D eigenvalue weighted by molar-refractivity contribution is 5.99. The highest BCUT2D eigenvalue weighted by Crippen LogP contribution is 2.30. The van der Waals surface area contributed by atoms with Gasteiger partial charge >= 0.3 is 0 Å². The Bertz CT molecular complexity index is 666. The van der Waals surface area contributed by atoms with Crippen LogP contribution in [0, 0.1) is 6.92 Å². The van der Waals surface area contributed by atoms with Gasteiger partial charge in [-0.15, -0.1) is 0 Å². The van der Waals surface area contributed by atoms with E-state index in [4.69, 9.17) is 0 Å².